The van der Waals surface area contributed by atoms with Crippen LogP contribution in [0.1, 0.15) is 18.4 Å². The van der Waals surface area contributed by atoms with Crippen LogP contribution in [0, 0.1) is 11.3 Å². The van der Waals surface area contributed by atoms with Gasteiger partial charge >= 0.3 is 0 Å². The quantitative estimate of drug-likeness (QED) is 0.354. The van der Waals surface area contributed by atoms with Crippen molar-refractivity contribution in [2.24, 2.45) is 11.7 Å². The maximum absolute atomic E-state index is 7.45. The molecule has 0 heterocycles. The van der Waals surface area contributed by atoms with Crippen LogP contribution in [-0.4, -0.2) is 19.2 Å². The van der Waals surface area contributed by atoms with Crippen molar-refractivity contribution in [2.45, 2.75) is 12.8 Å². The molecule has 0 spiro atoms. The summed E-state index contributed by atoms with van der Waals surface area (Å²) in [5, 5.41) is 7.86. The van der Waals surface area contributed by atoms with Crippen LogP contribution >= 0.6 is 11.6 Å². The minimum atomic E-state index is -0.104. The highest BCUT2D eigenvalue weighted by Gasteiger charge is 2.21. The molecule has 0 saturated heterocycles. The fourth-order valence-electron chi connectivity index (χ4n) is 1.49. The average Bonchev–Trinajstić information content (AvgIpc) is 3.07. The second kappa shape index (κ2) is 5.38. The predicted octanol–water partition coefficient (Wildman–Crippen LogP) is 2.39. The molecule has 1 aromatic rings. The summed E-state index contributed by atoms with van der Waals surface area (Å²) in [5.74, 6) is 1.08. The zero-order chi connectivity index (χ0) is 12.3. The van der Waals surface area contributed by atoms with Crippen molar-refractivity contribution in [3.63, 3.8) is 0 Å². The van der Waals surface area contributed by atoms with Gasteiger partial charge in [0.15, 0.2) is 6.79 Å². The van der Waals surface area contributed by atoms with Gasteiger partial charge in [-0.25, -0.2) is 0 Å². The summed E-state index contributed by atoms with van der Waals surface area (Å²) in [6.45, 7) is 0.896. The van der Waals surface area contributed by atoms with E-state index >= 15 is 0 Å². The Kier molecular flexibility index (Phi) is 3.86. The molecule has 1 saturated carbocycles. The van der Waals surface area contributed by atoms with Gasteiger partial charge in [0.2, 0.25) is 0 Å². The third-order valence-corrected chi connectivity index (χ3v) is 2.91. The highest BCUT2D eigenvalue weighted by atomic mass is 35.5. The van der Waals surface area contributed by atoms with Gasteiger partial charge in [-0.2, -0.15) is 0 Å². The van der Waals surface area contributed by atoms with Gasteiger partial charge in [-0.3, -0.25) is 5.41 Å². The highest BCUT2D eigenvalue weighted by Crippen LogP contribution is 2.29. The summed E-state index contributed by atoms with van der Waals surface area (Å²) in [7, 11) is 0. The zero-order valence-electron chi connectivity index (χ0n) is 9.41. The minimum absolute atomic E-state index is 0.104. The Morgan fingerprint density at radius 1 is 1.47 bits per heavy atom. The summed E-state index contributed by atoms with van der Waals surface area (Å²) in [5.41, 5.74) is 5.88. The van der Waals surface area contributed by atoms with Crippen LogP contribution in [0.5, 0.6) is 5.75 Å². The fraction of sp³-hybridized carbons (Fsp3) is 0.417. The van der Waals surface area contributed by atoms with E-state index in [4.69, 9.17) is 32.2 Å². The van der Waals surface area contributed by atoms with Crippen molar-refractivity contribution < 1.29 is 9.47 Å². The van der Waals surface area contributed by atoms with Gasteiger partial charge in [0.05, 0.1) is 17.2 Å². The number of halogens is 1. The van der Waals surface area contributed by atoms with Gasteiger partial charge in [0.25, 0.3) is 0 Å². The van der Waals surface area contributed by atoms with Crippen molar-refractivity contribution in [3.8, 4) is 5.75 Å². The number of hydrogen-bond donors (Lipinski definition) is 2. The summed E-state index contributed by atoms with van der Waals surface area (Å²) in [6, 6.07) is 5.16. The summed E-state index contributed by atoms with van der Waals surface area (Å²) >= 11 is 5.96. The van der Waals surface area contributed by atoms with Gasteiger partial charge in [0.1, 0.15) is 11.6 Å². The lowest BCUT2D eigenvalue weighted by Gasteiger charge is -2.11. The second-order valence-corrected chi connectivity index (χ2v) is 4.51. The molecule has 4 nitrogen and oxygen atoms in total. The molecule has 1 fully saturated rings. The Bertz CT molecular complexity index is 419. The predicted molar refractivity (Wildman–Crippen MR) is 66.6 cm³/mol. The van der Waals surface area contributed by atoms with Crippen LogP contribution in [0.3, 0.4) is 0 Å². The van der Waals surface area contributed by atoms with Crippen LogP contribution in [-0.2, 0) is 4.74 Å². The first kappa shape index (κ1) is 12.2. The van der Waals surface area contributed by atoms with E-state index in [1.807, 2.05) is 0 Å². The summed E-state index contributed by atoms with van der Waals surface area (Å²) < 4.78 is 10.8. The molecule has 2 rings (SSSR count). The van der Waals surface area contributed by atoms with Gasteiger partial charge in [0, 0.05) is 0 Å². The molecular formula is C12H15ClN2O2. The molecule has 1 aromatic carbocycles. The maximum atomic E-state index is 7.45. The van der Waals surface area contributed by atoms with E-state index in [0.29, 0.717) is 22.3 Å². The molecule has 1 aliphatic carbocycles. The molecule has 0 aromatic heterocycles. The summed E-state index contributed by atoms with van der Waals surface area (Å²) in [6.07, 6.45) is 2.49. The molecule has 92 valence electrons. The number of ether oxygens (including phenoxy) is 2. The molecule has 0 amide bonds. The molecule has 17 heavy (non-hydrogen) atoms. The molecule has 1 aliphatic rings. The third kappa shape index (κ3) is 3.35. The van der Waals surface area contributed by atoms with E-state index < -0.39 is 0 Å². The molecule has 0 bridgehead atoms. The standard InChI is InChI=1S/C12H15ClN2O2/c13-9-2-1-3-10(11(9)12(14)15)17-7-16-6-8-4-5-8/h1-3,8H,4-7H2,(H3,14,15). The van der Waals surface area contributed by atoms with Crippen molar-refractivity contribution in [3.05, 3.63) is 28.8 Å². The second-order valence-electron chi connectivity index (χ2n) is 4.10. The van der Waals surface area contributed by atoms with E-state index in [0.717, 1.165) is 6.61 Å². The van der Waals surface area contributed by atoms with Crippen molar-refractivity contribution in [1.29, 1.82) is 5.41 Å². The monoisotopic (exact) mass is 254 g/mol. The molecule has 3 N–H and O–H groups in total. The molecule has 5 heteroatoms. The number of hydrogen-bond acceptors (Lipinski definition) is 3. The first-order chi connectivity index (χ1) is 8.18. The lowest BCUT2D eigenvalue weighted by Crippen LogP contribution is -2.15. The minimum Gasteiger partial charge on any atom is -0.467 e. The number of nitrogen functional groups attached to an aromatic ring is 1. The Hall–Kier alpha value is -1.26. The van der Waals surface area contributed by atoms with Crippen LogP contribution in [0.4, 0.5) is 0 Å². The van der Waals surface area contributed by atoms with E-state index in [2.05, 4.69) is 0 Å². The molecule has 0 radical (unpaired) electrons. The van der Waals surface area contributed by atoms with Gasteiger partial charge in [-0.05, 0) is 30.9 Å². The van der Waals surface area contributed by atoms with Gasteiger partial charge in [-0.15, -0.1) is 0 Å². The topological polar surface area (TPSA) is 68.3 Å². The number of nitrogens with one attached hydrogen (secondary N) is 1. The largest absolute Gasteiger partial charge is 0.467 e. The third-order valence-electron chi connectivity index (χ3n) is 2.59. The van der Waals surface area contributed by atoms with E-state index in [9.17, 15) is 0 Å². The Morgan fingerprint density at radius 3 is 2.88 bits per heavy atom. The van der Waals surface area contributed by atoms with Crippen LogP contribution in [0.25, 0.3) is 0 Å². The van der Waals surface area contributed by atoms with Crippen molar-refractivity contribution in [1.82, 2.24) is 0 Å². The number of amidine groups is 1. The van der Waals surface area contributed by atoms with Crippen LogP contribution in [0.15, 0.2) is 18.2 Å². The van der Waals surface area contributed by atoms with Gasteiger partial charge < -0.3 is 15.2 Å². The maximum Gasteiger partial charge on any atom is 0.189 e. The summed E-state index contributed by atoms with van der Waals surface area (Å²) in [4.78, 5) is 0. The first-order valence-corrected chi connectivity index (χ1v) is 5.89. The smallest absolute Gasteiger partial charge is 0.189 e. The SMILES string of the molecule is N=C(N)c1c(Cl)cccc1OCOCC1CC1. The van der Waals surface area contributed by atoms with E-state index in [1.54, 1.807) is 18.2 Å². The number of nitrogens with two attached hydrogens (primary N) is 1. The molecule has 0 atom stereocenters. The zero-order valence-corrected chi connectivity index (χ0v) is 10.2. The Labute approximate surface area is 105 Å². The van der Waals surface area contributed by atoms with Crippen LogP contribution in [0.2, 0.25) is 5.02 Å². The lowest BCUT2D eigenvalue weighted by atomic mass is 10.2. The van der Waals surface area contributed by atoms with Crippen molar-refractivity contribution >= 4 is 17.4 Å². The lowest BCUT2D eigenvalue weighted by molar-refractivity contribution is 0.00989. The highest BCUT2D eigenvalue weighted by molar-refractivity contribution is 6.34. The van der Waals surface area contributed by atoms with Crippen molar-refractivity contribution in [2.75, 3.05) is 13.4 Å². The normalized spacial score (nSPS) is 14.6. The molecule has 0 unspecified atom stereocenters. The number of rotatable bonds is 6. The fourth-order valence-corrected chi connectivity index (χ4v) is 1.76. The Morgan fingerprint density at radius 2 is 2.24 bits per heavy atom. The molecular weight excluding hydrogens is 240 g/mol. The van der Waals surface area contributed by atoms with Gasteiger partial charge in [-0.1, -0.05) is 17.7 Å². The van der Waals surface area contributed by atoms with E-state index in [1.165, 1.54) is 12.8 Å². The number of benzene rings is 1. The first-order valence-electron chi connectivity index (χ1n) is 5.52. The average molecular weight is 255 g/mol. The molecule has 0 aliphatic heterocycles. The van der Waals surface area contributed by atoms with E-state index in [-0.39, 0.29) is 12.6 Å². The van der Waals surface area contributed by atoms with Crippen LogP contribution < -0.4 is 10.5 Å². The Balaban J connectivity index is 1.93.